The predicted octanol–water partition coefficient (Wildman–Crippen LogP) is 15.2. The Bertz CT molecular complexity index is 3060. The Morgan fingerprint density at radius 2 is 0.714 bits per heavy atom. The molecule has 2 N–H and O–H groups in total. The van der Waals surface area contributed by atoms with E-state index in [4.69, 9.17) is 5.73 Å². The highest BCUT2D eigenvalue weighted by molar-refractivity contribution is 6.24. The van der Waals surface area contributed by atoms with Gasteiger partial charge in [0.05, 0.1) is 0 Å². The molecule has 264 valence electrons. The van der Waals surface area contributed by atoms with Gasteiger partial charge in [0.15, 0.2) is 0 Å². The zero-order valence-electron chi connectivity index (χ0n) is 31.2. The van der Waals surface area contributed by atoms with Crippen molar-refractivity contribution in [2.45, 2.75) is 6.92 Å². The van der Waals surface area contributed by atoms with E-state index in [0.717, 1.165) is 16.8 Å². The van der Waals surface area contributed by atoms with Crippen LogP contribution in [0, 0.1) is 0 Å². The molecule has 0 bridgehead atoms. The summed E-state index contributed by atoms with van der Waals surface area (Å²) in [7, 11) is 0. The van der Waals surface area contributed by atoms with Crippen molar-refractivity contribution in [2.75, 3.05) is 5.73 Å². The minimum absolute atomic E-state index is 0.798. The second kappa shape index (κ2) is 13.9. The van der Waals surface area contributed by atoms with Gasteiger partial charge in [-0.1, -0.05) is 200 Å². The third kappa shape index (κ3) is 5.48. The van der Waals surface area contributed by atoms with Crippen LogP contribution in [0.2, 0.25) is 0 Å². The highest BCUT2D eigenvalue weighted by atomic mass is 14.6. The van der Waals surface area contributed by atoms with Gasteiger partial charge in [-0.15, -0.1) is 0 Å². The van der Waals surface area contributed by atoms with Gasteiger partial charge < -0.3 is 5.73 Å². The molecule has 1 heteroatoms. The monoisotopic (exact) mass is 713 g/mol. The van der Waals surface area contributed by atoms with E-state index in [0.29, 0.717) is 0 Å². The number of anilines is 1. The minimum Gasteiger partial charge on any atom is -0.398 e. The molecule has 56 heavy (non-hydrogen) atoms. The largest absolute Gasteiger partial charge is 0.398 e. The zero-order chi connectivity index (χ0) is 37.6. The van der Waals surface area contributed by atoms with Crippen LogP contribution in [-0.2, 0) is 0 Å². The maximum Gasteiger partial charge on any atom is 0.0467 e. The van der Waals surface area contributed by atoms with Crippen LogP contribution >= 0.6 is 0 Å². The van der Waals surface area contributed by atoms with Crippen molar-refractivity contribution < 1.29 is 0 Å². The summed E-state index contributed by atoms with van der Waals surface area (Å²) in [6.07, 6.45) is 4.13. The molecule has 0 aliphatic carbocycles. The molecular weight excluding hydrogens is 675 g/mol. The standard InChI is InChI=1S/C55H39N/c1-2-16-40-21-15-28-49(55(40)56)54-46-26-13-11-24-44(46)51(45-25-12-14-27-47(45)54)38-29-31-39(32-30-38)52-42-22-9-10-23-43(42)53(37-19-7-4-8-20-37)50-35-41(33-34-48(50)52)36-17-5-3-6-18-36/h2-35H,56H2,1H3/b16-2-. The lowest BCUT2D eigenvalue weighted by molar-refractivity contribution is 1.61. The molecule has 0 saturated heterocycles. The van der Waals surface area contributed by atoms with Gasteiger partial charge in [0.25, 0.3) is 0 Å². The Hall–Kier alpha value is -7.22. The van der Waals surface area contributed by atoms with Gasteiger partial charge in [0.2, 0.25) is 0 Å². The van der Waals surface area contributed by atoms with Crippen LogP contribution in [0.4, 0.5) is 5.69 Å². The third-order valence-corrected chi connectivity index (χ3v) is 11.3. The van der Waals surface area contributed by atoms with Crippen molar-refractivity contribution in [1.82, 2.24) is 0 Å². The SMILES string of the molecule is C/C=C\c1cccc(-c2c3ccccc3c(-c3ccc(-c4c5ccccc5c(-c5ccccc5)c5cc(-c6ccccc6)ccc45)cc3)c3ccccc23)c1N. The highest BCUT2D eigenvalue weighted by Gasteiger charge is 2.20. The molecule has 1 nitrogen and oxygen atoms in total. The molecule has 0 spiro atoms. The van der Waals surface area contributed by atoms with Crippen LogP contribution < -0.4 is 5.73 Å². The zero-order valence-corrected chi connectivity index (χ0v) is 31.2. The van der Waals surface area contributed by atoms with Gasteiger partial charge in [-0.05, 0) is 112 Å². The van der Waals surface area contributed by atoms with E-state index in [-0.39, 0.29) is 0 Å². The number of nitrogens with two attached hydrogens (primary N) is 1. The second-order valence-electron chi connectivity index (χ2n) is 14.5. The molecule has 10 aromatic rings. The first kappa shape index (κ1) is 33.4. The Kier molecular flexibility index (Phi) is 8.27. The van der Waals surface area contributed by atoms with E-state index in [2.05, 4.69) is 200 Å². The van der Waals surface area contributed by atoms with Gasteiger partial charge in [0, 0.05) is 11.3 Å². The summed E-state index contributed by atoms with van der Waals surface area (Å²) in [5.74, 6) is 0. The molecule has 0 radical (unpaired) electrons. The summed E-state index contributed by atoms with van der Waals surface area (Å²) in [4.78, 5) is 0. The third-order valence-electron chi connectivity index (χ3n) is 11.3. The summed E-state index contributed by atoms with van der Waals surface area (Å²) in [5, 5.41) is 9.80. The van der Waals surface area contributed by atoms with Crippen LogP contribution in [-0.4, -0.2) is 0 Å². The Morgan fingerprint density at radius 3 is 1.21 bits per heavy atom. The summed E-state index contributed by atoms with van der Waals surface area (Å²) >= 11 is 0. The van der Waals surface area contributed by atoms with Gasteiger partial charge in [-0.3, -0.25) is 0 Å². The van der Waals surface area contributed by atoms with Crippen LogP contribution in [0.1, 0.15) is 12.5 Å². The Balaban J connectivity index is 1.20. The minimum atomic E-state index is 0.798. The number of rotatable bonds is 6. The van der Waals surface area contributed by atoms with E-state index in [1.807, 2.05) is 13.0 Å². The smallest absolute Gasteiger partial charge is 0.0467 e. The van der Waals surface area contributed by atoms with E-state index < -0.39 is 0 Å². The normalized spacial score (nSPS) is 11.7. The number of fused-ring (bicyclic) bond motifs is 4. The number of hydrogen-bond donors (Lipinski definition) is 1. The van der Waals surface area contributed by atoms with Gasteiger partial charge in [-0.2, -0.15) is 0 Å². The Morgan fingerprint density at radius 1 is 0.321 bits per heavy atom. The topological polar surface area (TPSA) is 26.0 Å². The van der Waals surface area contributed by atoms with E-state index in [1.54, 1.807) is 0 Å². The van der Waals surface area contributed by atoms with E-state index in [9.17, 15) is 0 Å². The summed E-state index contributed by atoms with van der Waals surface area (Å²) in [6.45, 7) is 2.03. The number of benzene rings is 10. The first-order chi connectivity index (χ1) is 27.7. The molecule has 0 heterocycles. The van der Waals surface area contributed by atoms with Gasteiger partial charge in [-0.25, -0.2) is 0 Å². The van der Waals surface area contributed by atoms with Crippen molar-refractivity contribution in [3.8, 4) is 55.6 Å². The lowest BCUT2D eigenvalue weighted by atomic mass is 9.83. The number of para-hydroxylation sites is 1. The average molecular weight is 714 g/mol. The predicted molar refractivity (Wildman–Crippen MR) is 243 cm³/mol. The number of allylic oxidation sites excluding steroid dienone is 1. The fourth-order valence-corrected chi connectivity index (χ4v) is 8.87. The fourth-order valence-electron chi connectivity index (χ4n) is 8.87. The average Bonchev–Trinajstić information content (AvgIpc) is 3.26. The lowest BCUT2D eigenvalue weighted by Gasteiger charge is -2.20. The van der Waals surface area contributed by atoms with Crippen molar-refractivity contribution in [3.63, 3.8) is 0 Å². The molecule has 0 atom stereocenters. The second-order valence-corrected chi connectivity index (χ2v) is 14.5. The van der Waals surface area contributed by atoms with Crippen LogP contribution in [0.5, 0.6) is 0 Å². The maximum absolute atomic E-state index is 6.91. The molecule has 0 aliphatic heterocycles. The van der Waals surface area contributed by atoms with Crippen molar-refractivity contribution >= 4 is 54.9 Å². The van der Waals surface area contributed by atoms with E-state index >= 15 is 0 Å². The van der Waals surface area contributed by atoms with Crippen LogP contribution in [0.25, 0.3) is 105 Å². The van der Waals surface area contributed by atoms with E-state index in [1.165, 1.54) is 93.2 Å². The first-order valence-corrected chi connectivity index (χ1v) is 19.3. The highest BCUT2D eigenvalue weighted by Crippen LogP contribution is 2.48. The van der Waals surface area contributed by atoms with Crippen molar-refractivity contribution in [1.29, 1.82) is 0 Å². The summed E-state index contributed by atoms with van der Waals surface area (Å²) in [5.41, 5.74) is 20.8. The molecule has 0 aliphatic rings. The molecule has 10 aromatic carbocycles. The molecule has 0 aromatic heterocycles. The lowest BCUT2D eigenvalue weighted by Crippen LogP contribution is -1.96. The molecular formula is C55H39N. The molecule has 0 unspecified atom stereocenters. The Labute approximate surface area is 327 Å². The molecule has 0 saturated carbocycles. The van der Waals surface area contributed by atoms with Crippen LogP contribution in [0.15, 0.2) is 200 Å². The molecule has 0 fully saturated rings. The number of hydrogen-bond acceptors (Lipinski definition) is 1. The van der Waals surface area contributed by atoms with Crippen LogP contribution in [0.3, 0.4) is 0 Å². The fraction of sp³-hybridized carbons (Fsp3) is 0.0182. The summed E-state index contributed by atoms with van der Waals surface area (Å²) < 4.78 is 0. The molecule has 0 amide bonds. The van der Waals surface area contributed by atoms with Gasteiger partial charge >= 0.3 is 0 Å². The molecule has 10 rings (SSSR count). The van der Waals surface area contributed by atoms with Crippen molar-refractivity contribution in [3.05, 3.63) is 206 Å². The maximum atomic E-state index is 6.91. The first-order valence-electron chi connectivity index (χ1n) is 19.3. The quantitative estimate of drug-likeness (QED) is 0.135. The van der Waals surface area contributed by atoms with Gasteiger partial charge in [0.1, 0.15) is 0 Å². The number of nitrogen functional groups attached to an aromatic ring is 1. The van der Waals surface area contributed by atoms with Crippen molar-refractivity contribution in [2.24, 2.45) is 0 Å². The summed E-state index contributed by atoms with van der Waals surface area (Å²) in [6, 6.07) is 70.6.